The molecule has 158 valence electrons. The molecule has 1 aliphatic heterocycles. The number of phenolic OH excluding ortho intramolecular Hbond substituents is 1. The summed E-state index contributed by atoms with van der Waals surface area (Å²) < 4.78 is 29.0. The van der Waals surface area contributed by atoms with Gasteiger partial charge < -0.3 is 20.1 Å². The van der Waals surface area contributed by atoms with Crippen LogP contribution in [0.3, 0.4) is 0 Å². The van der Waals surface area contributed by atoms with Crippen LogP contribution in [-0.2, 0) is 0 Å². The number of halogens is 2. The summed E-state index contributed by atoms with van der Waals surface area (Å²) in [6.07, 6.45) is 4.66. The minimum Gasteiger partial charge on any atom is -0.507 e. The van der Waals surface area contributed by atoms with Crippen molar-refractivity contribution in [3.8, 4) is 22.8 Å². The summed E-state index contributed by atoms with van der Waals surface area (Å²) in [5, 5.41) is 22.2. The highest BCUT2D eigenvalue weighted by Gasteiger charge is 2.20. The molecule has 0 amide bonds. The van der Waals surface area contributed by atoms with Gasteiger partial charge in [0, 0.05) is 24.2 Å². The van der Waals surface area contributed by atoms with Crippen molar-refractivity contribution < 1.29 is 18.6 Å². The average Bonchev–Trinajstić information content (AvgIpc) is 2.67. The number of hydrogen-bond acceptors (Lipinski definition) is 6. The van der Waals surface area contributed by atoms with Gasteiger partial charge in [-0.2, -0.15) is 8.78 Å². The zero-order valence-corrected chi connectivity index (χ0v) is 16.9. The monoisotopic (exact) mass is 406 g/mol. The van der Waals surface area contributed by atoms with Crippen molar-refractivity contribution in [2.24, 2.45) is 0 Å². The van der Waals surface area contributed by atoms with E-state index in [1.807, 2.05) is 13.0 Å². The molecule has 0 bridgehead atoms. The van der Waals surface area contributed by atoms with Crippen molar-refractivity contribution >= 4 is 5.82 Å². The lowest BCUT2D eigenvalue weighted by Gasteiger charge is -2.33. The van der Waals surface area contributed by atoms with Crippen molar-refractivity contribution in [1.29, 1.82) is 0 Å². The van der Waals surface area contributed by atoms with E-state index in [0.29, 0.717) is 23.1 Å². The molecule has 1 aromatic carbocycles. The minimum atomic E-state index is -2.94. The number of rotatable bonds is 8. The van der Waals surface area contributed by atoms with E-state index in [0.717, 1.165) is 44.1 Å². The predicted octanol–water partition coefficient (Wildman–Crippen LogP) is 4.44. The second-order valence-corrected chi connectivity index (χ2v) is 7.46. The normalized spacial score (nSPS) is 17.5. The molecule has 0 aliphatic carbocycles. The molecule has 1 aromatic heterocycles. The van der Waals surface area contributed by atoms with Crippen LogP contribution in [0.4, 0.5) is 14.6 Å². The Morgan fingerprint density at radius 2 is 2.14 bits per heavy atom. The third kappa shape index (κ3) is 5.76. The number of aryl methyl sites for hydroxylation is 1. The summed E-state index contributed by atoms with van der Waals surface area (Å²) in [5.74, 6) is 0.418. The minimum absolute atomic E-state index is 0.102. The van der Waals surface area contributed by atoms with Gasteiger partial charge in [-0.3, -0.25) is 0 Å². The van der Waals surface area contributed by atoms with Crippen molar-refractivity contribution in [1.82, 2.24) is 15.1 Å². The SMILES string of the molecule is CCCCN1CCCC(Nc2cc(C)c(-c3ccc(OC(F)F)cc3O)nn2)C1. The standard InChI is InChI=1S/C21H28F2N4O2/c1-3-4-9-27-10-5-6-15(13-27)24-19-11-14(2)20(26-25-19)17-8-7-16(12-18(17)28)29-21(22)23/h7-8,11-12,15,21,28H,3-6,9-10,13H2,1-2H3,(H,24,25). The molecule has 1 atom stereocenters. The van der Waals surface area contributed by atoms with Crippen molar-refractivity contribution in [2.45, 2.75) is 52.2 Å². The van der Waals surface area contributed by atoms with E-state index in [-0.39, 0.29) is 11.5 Å². The predicted molar refractivity (Wildman–Crippen MR) is 108 cm³/mol. The van der Waals surface area contributed by atoms with Crippen LogP contribution in [0, 0.1) is 6.92 Å². The highest BCUT2D eigenvalue weighted by Crippen LogP contribution is 2.33. The molecule has 0 spiro atoms. The molecule has 6 nitrogen and oxygen atoms in total. The lowest BCUT2D eigenvalue weighted by atomic mass is 10.0. The number of nitrogens with one attached hydrogen (secondary N) is 1. The van der Waals surface area contributed by atoms with Crippen LogP contribution in [0.25, 0.3) is 11.3 Å². The fraction of sp³-hybridized carbons (Fsp3) is 0.524. The zero-order chi connectivity index (χ0) is 20.8. The van der Waals surface area contributed by atoms with E-state index in [1.54, 1.807) is 0 Å². The molecule has 2 N–H and O–H groups in total. The molecule has 3 rings (SSSR count). The molecule has 2 aromatic rings. The van der Waals surface area contributed by atoms with Gasteiger partial charge in [-0.1, -0.05) is 13.3 Å². The van der Waals surface area contributed by atoms with E-state index in [2.05, 4.69) is 32.1 Å². The molecule has 0 saturated carbocycles. The second-order valence-electron chi connectivity index (χ2n) is 7.46. The maximum absolute atomic E-state index is 12.3. The Balaban J connectivity index is 1.69. The summed E-state index contributed by atoms with van der Waals surface area (Å²) in [4.78, 5) is 2.49. The van der Waals surface area contributed by atoms with E-state index in [9.17, 15) is 13.9 Å². The van der Waals surface area contributed by atoms with Crippen molar-refractivity contribution in [3.63, 3.8) is 0 Å². The van der Waals surface area contributed by atoms with Crippen molar-refractivity contribution in [3.05, 3.63) is 29.8 Å². The lowest BCUT2D eigenvalue weighted by molar-refractivity contribution is -0.0499. The van der Waals surface area contributed by atoms with Crippen LogP contribution < -0.4 is 10.1 Å². The van der Waals surface area contributed by atoms with Crippen LogP contribution in [0.5, 0.6) is 11.5 Å². The molecule has 1 saturated heterocycles. The van der Waals surface area contributed by atoms with Crippen LogP contribution in [0.1, 0.15) is 38.2 Å². The number of likely N-dealkylation sites (tertiary alicyclic amines) is 1. The highest BCUT2D eigenvalue weighted by molar-refractivity contribution is 5.71. The third-order valence-electron chi connectivity index (χ3n) is 5.12. The molecule has 8 heteroatoms. The number of unbranched alkanes of at least 4 members (excludes halogenated alkanes) is 1. The van der Waals surface area contributed by atoms with E-state index in [4.69, 9.17) is 0 Å². The van der Waals surface area contributed by atoms with Crippen LogP contribution in [-0.4, -0.2) is 52.5 Å². The molecule has 1 unspecified atom stereocenters. The summed E-state index contributed by atoms with van der Waals surface area (Å²) in [6, 6.07) is 6.27. The largest absolute Gasteiger partial charge is 0.507 e. The summed E-state index contributed by atoms with van der Waals surface area (Å²) in [5.41, 5.74) is 1.76. The van der Waals surface area contributed by atoms with Crippen LogP contribution in [0.15, 0.2) is 24.3 Å². The Hall–Kier alpha value is -2.48. The molecule has 29 heavy (non-hydrogen) atoms. The van der Waals surface area contributed by atoms with Gasteiger partial charge in [0.25, 0.3) is 0 Å². The van der Waals surface area contributed by atoms with Crippen molar-refractivity contribution in [2.75, 3.05) is 25.0 Å². The van der Waals surface area contributed by atoms with Gasteiger partial charge in [0.2, 0.25) is 0 Å². The maximum Gasteiger partial charge on any atom is 0.387 e. The van der Waals surface area contributed by atoms with Crippen LogP contribution in [0.2, 0.25) is 0 Å². The Morgan fingerprint density at radius 3 is 2.83 bits per heavy atom. The number of anilines is 1. The molecule has 2 heterocycles. The number of hydrogen-bond donors (Lipinski definition) is 2. The number of benzene rings is 1. The molecule has 1 aliphatic rings. The molecular formula is C21H28F2N4O2. The Kier molecular flexibility index (Phi) is 7.19. The highest BCUT2D eigenvalue weighted by atomic mass is 19.3. The fourth-order valence-electron chi connectivity index (χ4n) is 3.68. The second kappa shape index (κ2) is 9.82. The summed E-state index contributed by atoms with van der Waals surface area (Å²) >= 11 is 0. The first kappa shape index (κ1) is 21.2. The van der Waals surface area contributed by atoms with Gasteiger partial charge in [0.1, 0.15) is 17.3 Å². The number of piperidine rings is 1. The Bertz CT molecular complexity index is 819. The molecule has 0 radical (unpaired) electrons. The van der Waals surface area contributed by atoms with Gasteiger partial charge in [0.15, 0.2) is 0 Å². The third-order valence-corrected chi connectivity index (χ3v) is 5.12. The maximum atomic E-state index is 12.3. The van der Waals surface area contributed by atoms with Gasteiger partial charge in [-0.15, -0.1) is 10.2 Å². The van der Waals surface area contributed by atoms with E-state index >= 15 is 0 Å². The first-order chi connectivity index (χ1) is 14.0. The number of aromatic hydroxyl groups is 1. The first-order valence-electron chi connectivity index (χ1n) is 10.1. The zero-order valence-electron chi connectivity index (χ0n) is 16.9. The average molecular weight is 406 g/mol. The summed E-state index contributed by atoms with van der Waals surface area (Å²) in [6.45, 7) is 4.41. The van der Waals surface area contributed by atoms with Gasteiger partial charge in [0.05, 0.1) is 5.69 Å². The van der Waals surface area contributed by atoms with E-state index in [1.165, 1.54) is 25.0 Å². The molecular weight excluding hydrogens is 378 g/mol. The number of aromatic nitrogens is 2. The first-order valence-corrected chi connectivity index (χ1v) is 10.1. The molecule has 1 fully saturated rings. The number of ether oxygens (including phenoxy) is 1. The Morgan fingerprint density at radius 1 is 1.31 bits per heavy atom. The number of alkyl halides is 2. The number of phenols is 1. The van der Waals surface area contributed by atoms with Crippen LogP contribution >= 0.6 is 0 Å². The topological polar surface area (TPSA) is 70.5 Å². The van der Waals surface area contributed by atoms with Gasteiger partial charge in [-0.05, 0) is 63.0 Å². The van der Waals surface area contributed by atoms with Gasteiger partial charge in [-0.25, -0.2) is 0 Å². The fourth-order valence-corrected chi connectivity index (χ4v) is 3.68. The van der Waals surface area contributed by atoms with E-state index < -0.39 is 6.61 Å². The number of nitrogens with zero attached hydrogens (tertiary/aromatic N) is 3. The van der Waals surface area contributed by atoms with Gasteiger partial charge >= 0.3 is 6.61 Å². The lowest BCUT2D eigenvalue weighted by Crippen LogP contribution is -2.42. The Labute approximate surface area is 169 Å². The quantitative estimate of drug-likeness (QED) is 0.676. The summed E-state index contributed by atoms with van der Waals surface area (Å²) in [7, 11) is 0. The smallest absolute Gasteiger partial charge is 0.387 e.